The third-order valence-electron chi connectivity index (χ3n) is 5.72. The molecule has 0 aliphatic rings. The highest BCUT2D eigenvalue weighted by Gasteiger charge is 2.25. The fraction of sp³-hybridized carbons (Fsp3) is 0.214. The Morgan fingerprint density at radius 2 is 1.68 bits per heavy atom. The van der Waals surface area contributed by atoms with E-state index >= 15 is 0 Å². The van der Waals surface area contributed by atoms with E-state index < -0.39 is 5.54 Å². The average Bonchev–Trinajstić information content (AvgIpc) is 3.20. The second-order valence-electron chi connectivity index (χ2n) is 8.80. The molecule has 3 aromatic carbocycles. The Hall–Kier alpha value is -3.57. The van der Waals surface area contributed by atoms with Crippen LogP contribution in [0.2, 0.25) is 5.02 Å². The molecule has 0 fully saturated rings. The van der Waals surface area contributed by atoms with E-state index in [1.54, 1.807) is 10.7 Å². The minimum atomic E-state index is -0.526. The second-order valence-corrected chi connectivity index (χ2v) is 9.24. The third-order valence-corrected chi connectivity index (χ3v) is 5.95. The number of hydrogen-bond acceptors (Lipinski definition) is 3. The summed E-state index contributed by atoms with van der Waals surface area (Å²) in [6.07, 6.45) is 0. The summed E-state index contributed by atoms with van der Waals surface area (Å²) in [6.45, 7) is 6.78. The number of rotatable bonds is 8. The van der Waals surface area contributed by atoms with Gasteiger partial charge in [-0.15, -0.1) is 0 Å². The molecule has 34 heavy (non-hydrogen) atoms. The number of halogens is 1. The molecule has 0 saturated heterocycles. The van der Waals surface area contributed by atoms with E-state index in [4.69, 9.17) is 16.3 Å². The molecule has 1 aromatic heterocycles. The van der Waals surface area contributed by atoms with Crippen LogP contribution in [0.4, 0.5) is 0 Å². The lowest BCUT2D eigenvalue weighted by atomic mass is 9.94. The predicted octanol–water partition coefficient (Wildman–Crippen LogP) is 6.14. The van der Waals surface area contributed by atoms with Crippen LogP contribution >= 0.6 is 11.6 Å². The molecule has 174 valence electrons. The molecule has 1 N–H and O–H groups in total. The number of nitrogens with one attached hydrogen (secondary N) is 1. The van der Waals surface area contributed by atoms with Crippen molar-refractivity contribution in [3.63, 3.8) is 0 Å². The molecule has 4 rings (SSSR count). The molecule has 1 heterocycles. The molecule has 0 atom stereocenters. The van der Waals surface area contributed by atoms with Crippen molar-refractivity contribution in [2.75, 3.05) is 0 Å². The molecular formula is C28H28ClN3O2. The Balaban J connectivity index is 1.50. The number of aryl methyl sites for hydroxylation is 1. The zero-order valence-corrected chi connectivity index (χ0v) is 20.3. The molecule has 0 saturated carbocycles. The normalized spacial score (nSPS) is 11.3. The van der Waals surface area contributed by atoms with E-state index in [-0.39, 0.29) is 5.91 Å². The first-order valence-corrected chi connectivity index (χ1v) is 11.6. The highest BCUT2D eigenvalue weighted by atomic mass is 35.5. The van der Waals surface area contributed by atoms with Crippen LogP contribution in [-0.4, -0.2) is 15.7 Å². The van der Waals surface area contributed by atoms with E-state index in [9.17, 15) is 4.79 Å². The highest BCUT2D eigenvalue weighted by molar-refractivity contribution is 6.30. The van der Waals surface area contributed by atoms with Gasteiger partial charge in [0.15, 0.2) is 0 Å². The topological polar surface area (TPSA) is 56.2 Å². The van der Waals surface area contributed by atoms with Crippen LogP contribution in [0.1, 0.15) is 46.7 Å². The summed E-state index contributed by atoms with van der Waals surface area (Å²) in [5, 5.41) is 8.29. The second kappa shape index (κ2) is 10.1. The number of carbonyl (C=O) groups is 1. The first kappa shape index (κ1) is 23.6. The Bertz CT molecular complexity index is 1270. The van der Waals surface area contributed by atoms with Crippen LogP contribution in [-0.2, 0) is 18.7 Å². The standard InChI is InChI=1S/C28H28ClN3O2/c1-20-16-25(27(33)30-28(2,3)23-12-8-5-9-13-23)31-32(20)18-22-17-24(29)14-15-26(22)34-19-21-10-6-4-7-11-21/h4-17H,18-19H2,1-3H3,(H,30,33). The highest BCUT2D eigenvalue weighted by Crippen LogP contribution is 2.26. The van der Waals surface area contributed by atoms with Gasteiger partial charge in [0, 0.05) is 16.3 Å². The number of hydrogen-bond donors (Lipinski definition) is 1. The minimum absolute atomic E-state index is 0.220. The number of amides is 1. The average molecular weight is 474 g/mol. The van der Waals surface area contributed by atoms with Crippen molar-refractivity contribution in [2.45, 2.75) is 39.5 Å². The Labute approximate surface area is 205 Å². The van der Waals surface area contributed by atoms with Gasteiger partial charge in [0.05, 0.1) is 12.1 Å². The van der Waals surface area contributed by atoms with Gasteiger partial charge < -0.3 is 10.1 Å². The Kier molecular flexibility index (Phi) is 7.03. The van der Waals surface area contributed by atoms with Gasteiger partial charge in [-0.05, 0) is 56.2 Å². The van der Waals surface area contributed by atoms with Gasteiger partial charge in [0.1, 0.15) is 18.1 Å². The number of benzene rings is 3. The summed E-state index contributed by atoms with van der Waals surface area (Å²) in [5.74, 6) is 0.515. The van der Waals surface area contributed by atoms with Gasteiger partial charge in [0.25, 0.3) is 5.91 Å². The van der Waals surface area contributed by atoms with Gasteiger partial charge >= 0.3 is 0 Å². The van der Waals surface area contributed by atoms with Gasteiger partial charge in [-0.2, -0.15) is 5.10 Å². The van der Waals surface area contributed by atoms with Crippen LogP contribution in [0.15, 0.2) is 84.9 Å². The molecule has 0 radical (unpaired) electrons. The van der Waals surface area contributed by atoms with Gasteiger partial charge in [-0.3, -0.25) is 9.48 Å². The third kappa shape index (κ3) is 5.67. The molecule has 6 heteroatoms. The lowest BCUT2D eigenvalue weighted by Crippen LogP contribution is -2.41. The van der Waals surface area contributed by atoms with Crippen molar-refractivity contribution in [3.8, 4) is 5.75 Å². The molecule has 4 aromatic rings. The van der Waals surface area contributed by atoms with E-state index in [0.29, 0.717) is 23.9 Å². The lowest BCUT2D eigenvalue weighted by molar-refractivity contribution is 0.0906. The molecule has 0 aliphatic heterocycles. The van der Waals surface area contributed by atoms with Crippen molar-refractivity contribution in [3.05, 3.63) is 118 Å². The molecule has 1 amide bonds. The van der Waals surface area contributed by atoms with Gasteiger partial charge in [-0.25, -0.2) is 0 Å². The zero-order chi connectivity index (χ0) is 24.1. The summed E-state index contributed by atoms with van der Waals surface area (Å²) < 4.78 is 7.88. The summed E-state index contributed by atoms with van der Waals surface area (Å²) in [6, 6.07) is 27.2. The fourth-order valence-electron chi connectivity index (χ4n) is 3.77. The maximum atomic E-state index is 13.0. The maximum Gasteiger partial charge on any atom is 0.272 e. The van der Waals surface area contributed by atoms with E-state index in [0.717, 1.165) is 28.1 Å². The van der Waals surface area contributed by atoms with Crippen LogP contribution in [0.25, 0.3) is 0 Å². The summed E-state index contributed by atoms with van der Waals surface area (Å²) in [5.41, 5.74) is 3.72. The van der Waals surface area contributed by atoms with Gasteiger partial charge in [-0.1, -0.05) is 72.3 Å². The van der Waals surface area contributed by atoms with E-state index in [2.05, 4.69) is 10.4 Å². The minimum Gasteiger partial charge on any atom is -0.489 e. The van der Waals surface area contributed by atoms with Crippen LogP contribution in [0.5, 0.6) is 5.75 Å². The van der Waals surface area contributed by atoms with Crippen molar-refractivity contribution in [1.29, 1.82) is 0 Å². The number of nitrogens with zero attached hydrogens (tertiary/aromatic N) is 2. The monoisotopic (exact) mass is 473 g/mol. The van der Waals surface area contributed by atoms with E-state index in [1.807, 2.05) is 99.6 Å². The van der Waals surface area contributed by atoms with E-state index in [1.165, 1.54) is 0 Å². The van der Waals surface area contributed by atoms with Crippen molar-refractivity contribution >= 4 is 17.5 Å². The lowest BCUT2D eigenvalue weighted by Gasteiger charge is -2.26. The van der Waals surface area contributed by atoms with Crippen molar-refractivity contribution in [2.24, 2.45) is 0 Å². The SMILES string of the molecule is Cc1cc(C(=O)NC(C)(C)c2ccccc2)nn1Cc1cc(Cl)ccc1OCc1ccccc1. The first-order chi connectivity index (χ1) is 16.3. The quantitative estimate of drug-likeness (QED) is 0.334. The van der Waals surface area contributed by atoms with Crippen molar-refractivity contribution in [1.82, 2.24) is 15.1 Å². The van der Waals surface area contributed by atoms with Crippen molar-refractivity contribution < 1.29 is 9.53 Å². The zero-order valence-electron chi connectivity index (χ0n) is 19.6. The maximum absolute atomic E-state index is 13.0. The van der Waals surface area contributed by atoms with Crippen LogP contribution in [0, 0.1) is 6.92 Å². The Morgan fingerprint density at radius 3 is 2.38 bits per heavy atom. The largest absolute Gasteiger partial charge is 0.489 e. The molecule has 5 nitrogen and oxygen atoms in total. The summed E-state index contributed by atoms with van der Waals surface area (Å²) in [4.78, 5) is 13.0. The van der Waals surface area contributed by atoms with Crippen LogP contribution in [0.3, 0.4) is 0 Å². The Morgan fingerprint density at radius 1 is 1.00 bits per heavy atom. The number of aromatic nitrogens is 2. The molecule has 0 unspecified atom stereocenters. The van der Waals surface area contributed by atoms with Gasteiger partial charge in [0.2, 0.25) is 0 Å². The molecular weight excluding hydrogens is 446 g/mol. The van der Waals surface area contributed by atoms with Crippen LogP contribution < -0.4 is 10.1 Å². The first-order valence-electron chi connectivity index (χ1n) is 11.2. The summed E-state index contributed by atoms with van der Waals surface area (Å²) >= 11 is 6.28. The molecule has 0 bridgehead atoms. The predicted molar refractivity (Wildman–Crippen MR) is 135 cm³/mol. The number of ether oxygens (including phenoxy) is 1. The summed E-state index contributed by atoms with van der Waals surface area (Å²) in [7, 11) is 0. The molecule has 0 aliphatic carbocycles. The molecule has 0 spiro atoms. The fourth-order valence-corrected chi connectivity index (χ4v) is 3.96. The smallest absolute Gasteiger partial charge is 0.272 e. The number of carbonyl (C=O) groups excluding carboxylic acids is 1.